The van der Waals surface area contributed by atoms with Crippen LogP contribution in [0.1, 0.15) is 36.0 Å². The van der Waals surface area contributed by atoms with Crippen molar-refractivity contribution in [1.82, 2.24) is 4.90 Å². The standard InChI is InChI=1S/C16H22ClNO/c1-12-7-13(2)9-14(8-12)10-15-5-3-4-6-18(15)16(19)11-17/h7-9,15H,3-6,10-11H2,1-2H3/t15-/m1/s1. The fraction of sp³-hybridized carbons (Fsp3) is 0.562. The minimum atomic E-state index is 0.0794. The van der Waals surface area contributed by atoms with Gasteiger partial charge in [0, 0.05) is 12.6 Å². The zero-order valence-corrected chi connectivity index (χ0v) is 12.5. The van der Waals surface area contributed by atoms with E-state index in [0.29, 0.717) is 6.04 Å². The number of halogens is 1. The number of aryl methyl sites for hydroxylation is 2. The van der Waals surface area contributed by atoms with Gasteiger partial charge in [-0.1, -0.05) is 29.3 Å². The normalized spacial score (nSPS) is 19.5. The molecule has 0 N–H and O–H groups in total. The Morgan fingerprint density at radius 2 is 1.95 bits per heavy atom. The van der Waals surface area contributed by atoms with Gasteiger partial charge in [0.05, 0.1) is 0 Å². The number of alkyl halides is 1. The van der Waals surface area contributed by atoms with Crippen LogP contribution in [0.3, 0.4) is 0 Å². The third-order valence-corrected chi connectivity index (χ3v) is 4.04. The van der Waals surface area contributed by atoms with Crippen molar-refractivity contribution in [3.63, 3.8) is 0 Å². The molecule has 1 aliphatic rings. The molecule has 19 heavy (non-hydrogen) atoms. The van der Waals surface area contributed by atoms with Crippen LogP contribution in [0.5, 0.6) is 0 Å². The molecule has 1 aliphatic heterocycles. The van der Waals surface area contributed by atoms with E-state index in [-0.39, 0.29) is 11.8 Å². The molecule has 3 heteroatoms. The molecular weight excluding hydrogens is 258 g/mol. The summed E-state index contributed by atoms with van der Waals surface area (Å²) < 4.78 is 0. The van der Waals surface area contributed by atoms with Crippen LogP contribution in [-0.4, -0.2) is 29.3 Å². The molecule has 0 aliphatic carbocycles. The lowest BCUT2D eigenvalue weighted by molar-refractivity contribution is -0.132. The van der Waals surface area contributed by atoms with Crippen LogP contribution >= 0.6 is 11.6 Å². The van der Waals surface area contributed by atoms with Crippen molar-refractivity contribution in [2.24, 2.45) is 0 Å². The third kappa shape index (κ3) is 3.73. The average Bonchev–Trinajstić information content (AvgIpc) is 2.37. The van der Waals surface area contributed by atoms with Gasteiger partial charge in [0.2, 0.25) is 5.91 Å². The maximum Gasteiger partial charge on any atom is 0.237 e. The first-order chi connectivity index (χ1) is 9.10. The van der Waals surface area contributed by atoms with E-state index >= 15 is 0 Å². The lowest BCUT2D eigenvalue weighted by atomic mass is 9.94. The summed E-state index contributed by atoms with van der Waals surface area (Å²) in [4.78, 5) is 13.9. The molecule has 1 amide bonds. The first kappa shape index (κ1) is 14.4. The van der Waals surface area contributed by atoms with Gasteiger partial charge in [0.25, 0.3) is 0 Å². The van der Waals surface area contributed by atoms with E-state index in [0.717, 1.165) is 25.8 Å². The lowest BCUT2D eigenvalue weighted by Crippen LogP contribution is -2.45. The lowest BCUT2D eigenvalue weighted by Gasteiger charge is -2.35. The van der Waals surface area contributed by atoms with Crippen LogP contribution in [0.2, 0.25) is 0 Å². The second kappa shape index (κ2) is 6.42. The Morgan fingerprint density at radius 3 is 2.58 bits per heavy atom. The van der Waals surface area contributed by atoms with E-state index in [2.05, 4.69) is 32.0 Å². The number of carbonyl (C=O) groups is 1. The zero-order valence-electron chi connectivity index (χ0n) is 11.8. The molecule has 0 spiro atoms. The van der Waals surface area contributed by atoms with Gasteiger partial charge in [-0.2, -0.15) is 0 Å². The van der Waals surface area contributed by atoms with Gasteiger partial charge < -0.3 is 4.90 Å². The fourth-order valence-electron chi connectivity index (χ4n) is 3.08. The van der Waals surface area contributed by atoms with Gasteiger partial charge in [-0.05, 0) is 45.1 Å². The molecule has 1 aromatic carbocycles. The molecule has 2 nitrogen and oxygen atoms in total. The van der Waals surface area contributed by atoms with Gasteiger partial charge in [-0.25, -0.2) is 0 Å². The molecule has 0 saturated carbocycles. The maximum absolute atomic E-state index is 11.9. The predicted molar refractivity (Wildman–Crippen MR) is 79.7 cm³/mol. The van der Waals surface area contributed by atoms with Gasteiger partial charge in [0.15, 0.2) is 0 Å². The summed E-state index contributed by atoms with van der Waals surface area (Å²) in [6.45, 7) is 5.11. The van der Waals surface area contributed by atoms with Gasteiger partial charge in [-0.15, -0.1) is 11.6 Å². The van der Waals surface area contributed by atoms with E-state index in [1.54, 1.807) is 0 Å². The van der Waals surface area contributed by atoms with Crippen LogP contribution in [0.25, 0.3) is 0 Å². The number of benzene rings is 1. The molecule has 1 aromatic rings. The molecule has 0 unspecified atom stereocenters. The quantitative estimate of drug-likeness (QED) is 0.776. The largest absolute Gasteiger partial charge is 0.338 e. The average molecular weight is 280 g/mol. The predicted octanol–water partition coefficient (Wildman–Crippen LogP) is 3.47. The molecule has 0 aromatic heterocycles. The maximum atomic E-state index is 11.9. The number of amides is 1. The van der Waals surface area contributed by atoms with Crippen LogP contribution in [0.15, 0.2) is 18.2 Å². The van der Waals surface area contributed by atoms with Crippen molar-refractivity contribution < 1.29 is 4.79 Å². The highest BCUT2D eigenvalue weighted by molar-refractivity contribution is 6.27. The first-order valence-electron chi connectivity index (χ1n) is 7.03. The smallest absolute Gasteiger partial charge is 0.237 e. The van der Waals surface area contributed by atoms with E-state index in [1.807, 2.05) is 4.90 Å². The Labute approximate surface area is 120 Å². The number of rotatable bonds is 3. The number of carbonyl (C=O) groups excluding carboxylic acids is 1. The number of hydrogen-bond acceptors (Lipinski definition) is 1. The SMILES string of the molecule is Cc1cc(C)cc(C[C@H]2CCCCN2C(=O)CCl)c1. The van der Waals surface area contributed by atoms with E-state index < -0.39 is 0 Å². The molecule has 0 radical (unpaired) electrons. The minimum absolute atomic E-state index is 0.0794. The first-order valence-corrected chi connectivity index (χ1v) is 7.56. The third-order valence-electron chi connectivity index (χ3n) is 3.81. The monoisotopic (exact) mass is 279 g/mol. The molecule has 1 atom stereocenters. The Bertz CT molecular complexity index is 438. The highest BCUT2D eigenvalue weighted by Gasteiger charge is 2.26. The summed E-state index contributed by atoms with van der Waals surface area (Å²) in [5.74, 6) is 0.180. The number of likely N-dealkylation sites (tertiary alicyclic amines) is 1. The summed E-state index contributed by atoms with van der Waals surface area (Å²) in [6.07, 6.45) is 4.36. The van der Waals surface area contributed by atoms with E-state index in [4.69, 9.17) is 11.6 Å². The highest BCUT2D eigenvalue weighted by Crippen LogP contribution is 2.22. The van der Waals surface area contributed by atoms with Crippen LogP contribution in [0, 0.1) is 13.8 Å². The van der Waals surface area contributed by atoms with Crippen molar-refractivity contribution >= 4 is 17.5 Å². The summed E-state index contributed by atoms with van der Waals surface area (Å²) in [7, 11) is 0. The van der Waals surface area contributed by atoms with Crippen LogP contribution < -0.4 is 0 Å². The molecule has 104 valence electrons. The minimum Gasteiger partial charge on any atom is -0.338 e. The van der Waals surface area contributed by atoms with Gasteiger partial charge in [0.1, 0.15) is 5.88 Å². The molecule has 1 heterocycles. The highest BCUT2D eigenvalue weighted by atomic mass is 35.5. The fourth-order valence-corrected chi connectivity index (χ4v) is 3.23. The topological polar surface area (TPSA) is 20.3 Å². The van der Waals surface area contributed by atoms with Gasteiger partial charge in [-0.3, -0.25) is 4.79 Å². The Morgan fingerprint density at radius 1 is 1.26 bits per heavy atom. The molecule has 0 bridgehead atoms. The second-order valence-electron chi connectivity index (χ2n) is 5.57. The Balaban J connectivity index is 2.12. The summed E-state index contributed by atoms with van der Waals surface area (Å²) in [5, 5.41) is 0. The number of nitrogens with zero attached hydrogens (tertiary/aromatic N) is 1. The van der Waals surface area contributed by atoms with Crippen LogP contribution in [0.4, 0.5) is 0 Å². The number of piperidine rings is 1. The molecule has 2 rings (SSSR count). The van der Waals surface area contributed by atoms with Gasteiger partial charge >= 0.3 is 0 Å². The van der Waals surface area contributed by atoms with Crippen LogP contribution in [-0.2, 0) is 11.2 Å². The zero-order chi connectivity index (χ0) is 13.8. The molecule has 1 fully saturated rings. The van der Waals surface area contributed by atoms with Crippen molar-refractivity contribution in [2.75, 3.05) is 12.4 Å². The van der Waals surface area contributed by atoms with Crippen molar-refractivity contribution in [3.8, 4) is 0 Å². The summed E-state index contributed by atoms with van der Waals surface area (Å²) in [5.41, 5.74) is 3.92. The number of hydrogen-bond donors (Lipinski definition) is 0. The Hall–Kier alpha value is -1.02. The van der Waals surface area contributed by atoms with E-state index in [9.17, 15) is 4.79 Å². The molecule has 1 saturated heterocycles. The Kier molecular flexibility index (Phi) is 4.87. The summed E-state index contributed by atoms with van der Waals surface area (Å²) >= 11 is 5.71. The summed E-state index contributed by atoms with van der Waals surface area (Å²) in [6, 6.07) is 6.96. The van der Waals surface area contributed by atoms with Crippen molar-refractivity contribution in [2.45, 2.75) is 45.6 Å². The van der Waals surface area contributed by atoms with E-state index in [1.165, 1.54) is 23.1 Å². The van der Waals surface area contributed by atoms with Crippen molar-refractivity contribution in [1.29, 1.82) is 0 Å². The van der Waals surface area contributed by atoms with Crippen molar-refractivity contribution in [3.05, 3.63) is 34.9 Å². The second-order valence-corrected chi connectivity index (χ2v) is 5.84. The molecular formula is C16H22ClNO.